The first-order valence-corrected chi connectivity index (χ1v) is 6.42. The van der Waals surface area contributed by atoms with Gasteiger partial charge in [-0.25, -0.2) is 4.52 Å². The van der Waals surface area contributed by atoms with Crippen LogP contribution in [0.5, 0.6) is 0 Å². The van der Waals surface area contributed by atoms with Crippen molar-refractivity contribution in [2.24, 2.45) is 0 Å². The molecule has 0 atom stereocenters. The molecule has 0 radical (unpaired) electrons. The fourth-order valence-electron chi connectivity index (χ4n) is 1.37. The molecule has 0 amide bonds. The van der Waals surface area contributed by atoms with Gasteiger partial charge in [-0.1, -0.05) is 34.8 Å². The number of thiophene rings is 1. The molecule has 0 aromatic carbocycles. The molecule has 0 unspecified atom stereocenters. The van der Waals surface area contributed by atoms with Crippen LogP contribution < -0.4 is 0 Å². The van der Waals surface area contributed by atoms with E-state index in [0.717, 1.165) is 4.88 Å². The van der Waals surface area contributed by atoms with E-state index < -0.39 is 0 Å². The lowest BCUT2D eigenvalue weighted by atomic mass is 10.4. The summed E-state index contributed by atoms with van der Waals surface area (Å²) in [6, 6.07) is 3.62. The molecule has 8 heteroatoms. The molecule has 0 bridgehead atoms. The summed E-state index contributed by atoms with van der Waals surface area (Å²) in [5.41, 5.74) is 0.560. The van der Waals surface area contributed by atoms with Crippen molar-refractivity contribution in [1.82, 2.24) is 19.6 Å². The molecule has 0 saturated carbocycles. The number of rotatable bonds is 1. The minimum atomic E-state index is 0.276. The number of hydrogen-bond acceptors (Lipinski definition) is 4. The first-order valence-electron chi connectivity index (χ1n) is 4.47. The summed E-state index contributed by atoms with van der Waals surface area (Å²) in [6.45, 7) is 0. The topological polar surface area (TPSA) is 43.1 Å². The molecule has 3 aromatic heterocycles. The van der Waals surface area contributed by atoms with E-state index in [-0.39, 0.29) is 5.15 Å². The highest BCUT2D eigenvalue weighted by molar-refractivity contribution is 7.19. The van der Waals surface area contributed by atoms with Crippen LogP contribution in [0, 0.1) is 0 Å². The van der Waals surface area contributed by atoms with Crippen molar-refractivity contribution in [2.75, 3.05) is 0 Å². The van der Waals surface area contributed by atoms with Gasteiger partial charge in [0.1, 0.15) is 5.69 Å². The van der Waals surface area contributed by atoms with E-state index in [4.69, 9.17) is 34.8 Å². The summed E-state index contributed by atoms with van der Waals surface area (Å²) in [6.07, 6.45) is 1.57. The van der Waals surface area contributed by atoms with E-state index in [1.165, 1.54) is 15.9 Å². The normalized spacial score (nSPS) is 11.2. The highest BCUT2D eigenvalue weighted by atomic mass is 35.5. The maximum absolute atomic E-state index is 6.05. The summed E-state index contributed by atoms with van der Waals surface area (Å²) in [5, 5.41) is 4.90. The Bertz CT molecular complexity index is 705. The third-order valence-electron chi connectivity index (χ3n) is 2.05. The molecule has 86 valence electrons. The SMILES string of the molecule is Clc1cn2nc(-c3ccc(Cl)s3)c(Cl)nc2n1. The molecule has 3 rings (SSSR count). The largest absolute Gasteiger partial charge is 0.253 e. The first-order chi connectivity index (χ1) is 8.13. The van der Waals surface area contributed by atoms with Crippen molar-refractivity contribution in [2.45, 2.75) is 0 Å². The molecule has 0 fully saturated rings. The minimum Gasteiger partial charge on any atom is -0.202 e. The molecule has 0 aliphatic carbocycles. The highest BCUT2D eigenvalue weighted by Gasteiger charge is 2.13. The Morgan fingerprint density at radius 1 is 1.12 bits per heavy atom. The van der Waals surface area contributed by atoms with Gasteiger partial charge in [-0.2, -0.15) is 15.1 Å². The molecule has 3 heterocycles. The molecule has 0 saturated heterocycles. The molecule has 3 aromatic rings. The monoisotopic (exact) mass is 304 g/mol. The number of aromatic nitrogens is 4. The smallest absolute Gasteiger partial charge is 0.202 e. The van der Waals surface area contributed by atoms with Crippen LogP contribution in [0.2, 0.25) is 14.6 Å². The zero-order valence-electron chi connectivity index (χ0n) is 8.06. The first kappa shape index (κ1) is 11.2. The van der Waals surface area contributed by atoms with Gasteiger partial charge >= 0.3 is 0 Å². The quantitative estimate of drug-likeness (QED) is 0.686. The van der Waals surface area contributed by atoms with Crippen LogP contribution in [0.25, 0.3) is 16.3 Å². The van der Waals surface area contributed by atoms with Crippen molar-refractivity contribution in [3.05, 3.63) is 33.0 Å². The second-order valence-electron chi connectivity index (χ2n) is 3.16. The van der Waals surface area contributed by atoms with Crippen LogP contribution in [0.1, 0.15) is 0 Å². The summed E-state index contributed by atoms with van der Waals surface area (Å²) in [7, 11) is 0. The lowest BCUT2D eigenvalue weighted by Gasteiger charge is -1.99. The van der Waals surface area contributed by atoms with Gasteiger partial charge < -0.3 is 0 Å². The van der Waals surface area contributed by atoms with Gasteiger partial charge in [0.05, 0.1) is 15.4 Å². The van der Waals surface area contributed by atoms with E-state index in [1.807, 2.05) is 6.07 Å². The van der Waals surface area contributed by atoms with Gasteiger partial charge in [0.25, 0.3) is 5.78 Å². The predicted molar refractivity (Wildman–Crippen MR) is 69.1 cm³/mol. The highest BCUT2D eigenvalue weighted by Crippen LogP contribution is 2.33. The van der Waals surface area contributed by atoms with Crippen LogP contribution in [-0.2, 0) is 0 Å². The average molecular weight is 306 g/mol. The Kier molecular flexibility index (Phi) is 2.71. The van der Waals surface area contributed by atoms with E-state index in [1.54, 1.807) is 12.3 Å². The third kappa shape index (κ3) is 1.99. The third-order valence-corrected chi connectivity index (χ3v) is 3.73. The average Bonchev–Trinajstić information content (AvgIpc) is 2.82. The summed E-state index contributed by atoms with van der Waals surface area (Å²) in [5.74, 6) is 0.367. The van der Waals surface area contributed by atoms with Crippen molar-refractivity contribution >= 4 is 51.9 Å². The van der Waals surface area contributed by atoms with Gasteiger partial charge in [0.15, 0.2) is 10.3 Å². The number of nitrogens with zero attached hydrogens (tertiary/aromatic N) is 4. The molecule has 0 N–H and O–H groups in total. The number of imidazole rings is 1. The van der Waals surface area contributed by atoms with Gasteiger partial charge in [0, 0.05) is 0 Å². The van der Waals surface area contributed by atoms with Crippen molar-refractivity contribution in [3.63, 3.8) is 0 Å². The molecular formula is C9H3Cl3N4S. The molecule has 0 aliphatic rings. The van der Waals surface area contributed by atoms with E-state index in [0.29, 0.717) is 21.0 Å². The zero-order valence-corrected chi connectivity index (χ0v) is 11.1. The van der Waals surface area contributed by atoms with Crippen molar-refractivity contribution in [3.8, 4) is 10.6 Å². The molecule has 17 heavy (non-hydrogen) atoms. The molecular weight excluding hydrogens is 303 g/mol. The van der Waals surface area contributed by atoms with Gasteiger partial charge in [-0.3, -0.25) is 0 Å². The van der Waals surface area contributed by atoms with Crippen molar-refractivity contribution < 1.29 is 0 Å². The van der Waals surface area contributed by atoms with Crippen molar-refractivity contribution in [1.29, 1.82) is 0 Å². The van der Waals surface area contributed by atoms with Gasteiger partial charge in [0.2, 0.25) is 0 Å². The number of hydrogen-bond donors (Lipinski definition) is 0. The fourth-order valence-corrected chi connectivity index (χ4v) is 2.83. The molecule has 0 spiro atoms. The number of halogens is 3. The summed E-state index contributed by atoms with van der Waals surface area (Å²) < 4.78 is 2.15. The Morgan fingerprint density at radius 3 is 2.65 bits per heavy atom. The second kappa shape index (κ2) is 4.10. The van der Waals surface area contributed by atoms with Gasteiger partial charge in [-0.15, -0.1) is 11.3 Å². The zero-order chi connectivity index (χ0) is 12.0. The maximum Gasteiger partial charge on any atom is 0.253 e. The predicted octanol–water partition coefficient (Wildman–Crippen LogP) is 3.81. The van der Waals surface area contributed by atoms with Crippen LogP contribution in [0.4, 0.5) is 0 Å². The Labute approximate surface area is 115 Å². The van der Waals surface area contributed by atoms with E-state index >= 15 is 0 Å². The maximum atomic E-state index is 6.05. The standard InChI is InChI=1S/C9H3Cl3N4S/c10-5-3-16-9(13-5)14-8(12)7(15-16)4-1-2-6(11)17-4/h1-3H. The lowest BCUT2D eigenvalue weighted by molar-refractivity contribution is 0.911. The van der Waals surface area contributed by atoms with Crippen LogP contribution in [0.15, 0.2) is 18.3 Å². The Balaban J connectivity index is 2.25. The summed E-state index contributed by atoms with van der Waals surface area (Å²) in [4.78, 5) is 8.92. The van der Waals surface area contributed by atoms with E-state index in [2.05, 4.69) is 15.1 Å². The van der Waals surface area contributed by atoms with E-state index in [9.17, 15) is 0 Å². The Morgan fingerprint density at radius 2 is 1.94 bits per heavy atom. The minimum absolute atomic E-state index is 0.276. The summed E-state index contributed by atoms with van der Waals surface area (Å²) >= 11 is 19.1. The lowest BCUT2D eigenvalue weighted by Crippen LogP contribution is -1.97. The van der Waals surface area contributed by atoms with Crippen LogP contribution in [0.3, 0.4) is 0 Å². The molecule has 4 nitrogen and oxygen atoms in total. The fraction of sp³-hybridized carbons (Fsp3) is 0. The molecule has 0 aliphatic heterocycles. The van der Waals surface area contributed by atoms with Crippen LogP contribution in [-0.4, -0.2) is 19.6 Å². The van der Waals surface area contributed by atoms with Gasteiger partial charge in [-0.05, 0) is 12.1 Å². The van der Waals surface area contributed by atoms with Crippen LogP contribution >= 0.6 is 46.1 Å². The number of fused-ring (bicyclic) bond motifs is 1. The second-order valence-corrected chi connectivity index (χ2v) is 5.62. The Hall–Kier alpha value is -0.880.